The summed E-state index contributed by atoms with van der Waals surface area (Å²) in [5, 5.41) is -0.629. The summed E-state index contributed by atoms with van der Waals surface area (Å²) in [5.74, 6) is -0.416. The van der Waals surface area contributed by atoms with Gasteiger partial charge in [-0.3, -0.25) is 4.79 Å². The van der Waals surface area contributed by atoms with Crippen LogP contribution in [0.4, 0.5) is 4.79 Å². The van der Waals surface area contributed by atoms with Crippen molar-refractivity contribution in [2.45, 2.75) is 45.4 Å². The fourth-order valence-corrected chi connectivity index (χ4v) is 2.47. The highest BCUT2D eigenvalue weighted by Gasteiger charge is 2.36. The van der Waals surface area contributed by atoms with Gasteiger partial charge in [-0.2, -0.15) is 0 Å². The third-order valence-electron chi connectivity index (χ3n) is 3.15. The Balaban J connectivity index is 2.27. The van der Waals surface area contributed by atoms with E-state index in [-0.39, 0.29) is 0 Å². The van der Waals surface area contributed by atoms with Crippen LogP contribution in [-0.4, -0.2) is 27.9 Å². The zero-order valence-corrected chi connectivity index (χ0v) is 12.6. The number of hydrogen-bond acceptors (Lipinski definition) is 3. The number of fused-ring (bicyclic) bond motifs is 1. The first-order valence-corrected chi connectivity index (χ1v) is 6.91. The summed E-state index contributed by atoms with van der Waals surface area (Å²) >= 11 is 5.61. The number of halogens is 1. The van der Waals surface area contributed by atoms with E-state index in [1.165, 1.54) is 4.90 Å². The highest BCUT2D eigenvalue weighted by atomic mass is 35.5. The maximum Gasteiger partial charge on any atom is 0.329 e. The Morgan fingerprint density at radius 1 is 1.25 bits per heavy atom. The lowest BCUT2D eigenvalue weighted by Crippen LogP contribution is -2.49. The van der Waals surface area contributed by atoms with Gasteiger partial charge in [-0.15, -0.1) is 0 Å². The summed E-state index contributed by atoms with van der Waals surface area (Å²) in [6.07, 6.45) is 0.434. The first kappa shape index (κ1) is 14.9. The van der Waals surface area contributed by atoms with Crippen molar-refractivity contribution in [1.29, 1.82) is 0 Å². The van der Waals surface area contributed by atoms with E-state index >= 15 is 0 Å². The van der Waals surface area contributed by atoms with Crippen molar-refractivity contribution in [2.24, 2.45) is 0 Å². The van der Waals surface area contributed by atoms with E-state index in [1.807, 2.05) is 24.3 Å². The zero-order valence-electron chi connectivity index (χ0n) is 11.9. The Bertz CT molecular complexity index is 536. The van der Waals surface area contributed by atoms with Gasteiger partial charge in [0.15, 0.2) is 0 Å². The number of carbonyl (C=O) groups excluding carboxylic acids is 2. The van der Waals surface area contributed by atoms with Crippen molar-refractivity contribution in [3.8, 4) is 0 Å². The van der Waals surface area contributed by atoms with Gasteiger partial charge in [0, 0.05) is 13.0 Å². The van der Waals surface area contributed by atoms with E-state index in [4.69, 9.17) is 16.3 Å². The molecule has 1 aromatic carbocycles. The van der Waals surface area contributed by atoms with Crippen LogP contribution in [0.3, 0.4) is 0 Å². The highest BCUT2D eigenvalue weighted by molar-refractivity contribution is 6.63. The number of amides is 1. The number of rotatable bonds is 1. The maximum atomic E-state index is 12.3. The van der Waals surface area contributed by atoms with Crippen LogP contribution < -0.4 is 0 Å². The molecule has 1 atom stereocenters. The molecule has 1 heterocycles. The number of nitrogens with zero attached hydrogens (tertiary/aromatic N) is 1. The van der Waals surface area contributed by atoms with Gasteiger partial charge in [-0.05, 0) is 43.5 Å². The number of carbonyl (C=O) groups is 2. The second-order valence-corrected chi connectivity index (χ2v) is 6.23. The van der Waals surface area contributed by atoms with Crippen LogP contribution in [-0.2, 0) is 22.5 Å². The van der Waals surface area contributed by atoms with E-state index in [0.29, 0.717) is 13.0 Å². The Hall–Kier alpha value is -1.55. The summed E-state index contributed by atoms with van der Waals surface area (Å²) in [4.78, 5) is 25.2. The molecule has 5 heteroatoms. The molecule has 108 valence electrons. The van der Waals surface area contributed by atoms with Gasteiger partial charge in [0.2, 0.25) is 0 Å². The minimum absolute atomic E-state index is 0.336. The molecule has 0 saturated heterocycles. The number of ether oxygens (including phenoxy) is 1. The highest BCUT2D eigenvalue weighted by Crippen LogP contribution is 2.26. The lowest BCUT2D eigenvalue weighted by atomic mass is 9.94. The molecule has 20 heavy (non-hydrogen) atoms. The molecule has 0 radical (unpaired) electrons. The van der Waals surface area contributed by atoms with Crippen molar-refractivity contribution >= 4 is 22.9 Å². The topological polar surface area (TPSA) is 46.6 Å². The summed E-state index contributed by atoms with van der Waals surface area (Å²) in [7, 11) is 0. The second kappa shape index (κ2) is 5.44. The smallest absolute Gasteiger partial charge is 0.329 e. The molecule has 2 rings (SSSR count). The number of benzene rings is 1. The first-order chi connectivity index (χ1) is 9.28. The minimum atomic E-state index is -0.658. The molecule has 0 saturated carbocycles. The molecule has 1 amide bonds. The third-order valence-corrected chi connectivity index (χ3v) is 3.37. The van der Waals surface area contributed by atoms with Crippen LogP contribution in [0.2, 0.25) is 0 Å². The van der Waals surface area contributed by atoms with Crippen molar-refractivity contribution in [1.82, 2.24) is 4.90 Å². The molecular weight excluding hydrogens is 278 g/mol. The molecule has 1 aromatic rings. The molecule has 1 aliphatic heterocycles. The van der Waals surface area contributed by atoms with Crippen LogP contribution in [0.25, 0.3) is 0 Å². The summed E-state index contributed by atoms with van der Waals surface area (Å²) in [5.41, 5.74) is 1.48. The van der Waals surface area contributed by atoms with Crippen molar-refractivity contribution in [3.63, 3.8) is 0 Å². The van der Waals surface area contributed by atoms with E-state index in [0.717, 1.165) is 11.1 Å². The molecule has 4 nitrogen and oxygen atoms in total. The number of esters is 1. The minimum Gasteiger partial charge on any atom is -0.458 e. The largest absolute Gasteiger partial charge is 0.458 e. The van der Waals surface area contributed by atoms with E-state index in [9.17, 15) is 9.59 Å². The van der Waals surface area contributed by atoms with Gasteiger partial charge in [-0.25, -0.2) is 4.79 Å². The van der Waals surface area contributed by atoms with Crippen LogP contribution in [0.5, 0.6) is 0 Å². The standard InChI is InChI=1S/C15H18ClNO3/c1-15(2,3)20-13(18)12-8-10-6-4-5-7-11(10)9-17(12)14(16)19/h4-7,12H,8-9H2,1-3H3. The Kier molecular flexibility index (Phi) is 4.04. The predicted octanol–water partition coefficient (Wildman–Crippen LogP) is 3.11. The van der Waals surface area contributed by atoms with Gasteiger partial charge in [0.25, 0.3) is 0 Å². The molecule has 0 aliphatic carbocycles. The molecule has 0 fully saturated rings. The summed E-state index contributed by atoms with van der Waals surface area (Å²) in [6.45, 7) is 5.74. The van der Waals surface area contributed by atoms with Crippen LogP contribution in [0.1, 0.15) is 31.9 Å². The van der Waals surface area contributed by atoms with E-state index in [2.05, 4.69) is 0 Å². The number of hydrogen-bond donors (Lipinski definition) is 0. The molecule has 0 bridgehead atoms. The molecule has 1 unspecified atom stereocenters. The van der Waals surface area contributed by atoms with Crippen molar-refractivity contribution in [3.05, 3.63) is 35.4 Å². The second-order valence-electron chi connectivity index (χ2n) is 5.90. The molecule has 1 aliphatic rings. The average Bonchev–Trinajstić information content (AvgIpc) is 2.35. The Labute approximate surface area is 123 Å². The first-order valence-electron chi connectivity index (χ1n) is 6.53. The van der Waals surface area contributed by atoms with Gasteiger partial charge < -0.3 is 9.64 Å². The van der Waals surface area contributed by atoms with E-state index in [1.54, 1.807) is 20.8 Å². The molecule has 0 N–H and O–H groups in total. The Morgan fingerprint density at radius 3 is 2.40 bits per heavy atom. The summed E-state index contributed by atoms with van der Waals surface area (Å²) in [6, 6.07) is 7.07. The van der Waals surface area contributed by atoms with Gasteiger partial charge >= 0.3 is 11.3 Å². The lowest BCUT2D eigenvalue weighted by molar-refractivity contribution is -0.160. The SMILES string of the molecule is CC(C)(C)OC(=O)C1Cc2ccccc2CN1C(=O)Cl. The van der Waals surface area contributed by atoms with Gasteiger partial charge in [0.05, 0.1) is 0 Å². The normalized spacial score (nSPS) is 18.4. The molecule has 0 aromatic heterocycles. The average molecular weight is 296 g/mol. The van der Waals surface area contributed by atoms with Gasteiger partial charge in [0.1, 0.15) is 11.6 Å². The predicted molar refractivity (Wildman–Crippen MR) is 76.6 cm³/mol. The van der Waals surface area contributed by atoms with Crippen molar-refractivity contribution < 1.29 is 14.3 Å². The lowest BCUT2D eigenvalue weighted by Gasteiger charge is -2.35. The van der Waals surface area contributed by atoms with Crippen molar-refractivity contribution in [2.75, 3.05) is 0 Å². The van der Waals surface area contributed by atoms with Crippen LogP contribution >= 0.6 is 11.6 Å². The summed E-state index contributed by atoms with van der Waals surface area (Å²) < 4.78 is 5.38. The van der Waals surface area contributed by atoms with Gasteiger partial charge in [-0.1, -0.05) is 24.3 Å². The monoisotopic (exact) mass is 295 g/mol. The molecular formula is C15H18ClNO3. The molecule has 0 spiro atoms. The van der Waals surface area contributed by atoms with Crippen LogP contribution in [0, 0.1) is 0 Å². The Morgan fingerprint density at radius 2 is 1.85 bits per heavy atom. The fraction of sp³-hybridized carbons (Fsp3) is 0.467. The fourth-order valence-electron chi connectivity index (χ4n) is 2.29. The van der Waals surface area contributed by atoms with Crippen LogP contribution in [0.15, 0.2) is 24.3 Å². The maximum absolute atomic E-state index is 12.3. The zero-order chi connectivity index (χ0) is 14.9. The third kappa shape index (κ3) is 3.31. The van der Waals surface area contributed by atoms with E-state index < -0.39 is 23.0 Å². The quantitative estimate of drug-likeness (QED) is 0.454.